The highest BCUT2D eigenvalue weighted by molar-refractivity contribution is 9.10. The number of aromatic amines is 1. The van der Waals surface area contributed by atoms with Crippen molar-refractivity contribution >= 4 is 21.8 Å². The summed E-state index contributed by atoms with van der Waals surface area (Å²) in [6.07, 6.45) is 1.44. The van der Waals surface area contributed by atoms with E-state index in [0.29, 0.717) is 10.0 Å². The second kappa shape index (κ2) is 2.99. The first-order valence-corrected chi connectivity index (χ1v) is 4.65. The topological polar surface area (TPSA) is 52.9 Å². The quantitative estimate of drug-likeness (QED) is 0.734. The van der Waals surface area contributed by atoms with Gasteiger partial charge in [0.2, 0.25) is 0 Å². The van der Waals surface area contributed by atoms with Gasteiger partial charge in [0.25, 0.3) is 11.5 Å². The number of H-pyrrole nitrogens is 1. The van der Waals surface area contributed by atoms with E-state index in [9.17, 15) is 9.59 Å². The van der Waals surface area contributed by atoms with Gasteiger partial charge in [0.1, 0.15) is 0 Å². The second-order valence-corrected chi connectivity index (χ2v) is 3.71. The predicted octanol–water partition coefficient (Wildman–Crippen LogP) is 0.593. The number of carbonyl (C=O) groups is 1. The van der Waals surface area contributed by atoms with Crippen LogP contribution in [0.1, 0.15) is 10.4 Å². The lowest BCUT2D eigenvalue weighted by Crippen LogP contribution is -2.14. The van der Waals surface area contributed by atoms with Gasteiger partial charge in [0, 0.05) is 19.3 Å². The number of hydrogen-bond acceptors (Lipinski definition) is 2. The normalized spacial score (nSPS) is 14.4. The van der Waals surface area contributed by atoms with Crippen LogP contribution in [-0.2, 0) is 0 Å². The average Bonchev–Trinajstić information content (AvgIpc) is 2.91. The summed E-state index contributed by atoms with van der Waals surface area (Å²) in [6, 6.07) is 1.54. The maximum absolute atomic E-state index is 11.5. The number of amides is 1. The molecule has 68 valence electrons. The van der Waals surface area contributed by atoms with Gasteiger partial charge in [-0.2, -0.15) is 0 Å². The lowest BCUT2D eigenvalue weighted by Gasteiger charge is -2.00. The van der Waals surface area contributed by atoms with E-state index in [2.05, 4.69) is 20.9 Å². The molecule has 2 heterocycles. The zero-order chi connectivity index (χ0) is 9.42. The molecular formula is C8H7BrN2O2. The average molecular weight is 243 g/mol. The Morgan fingerprint density at radius 3 is 2.77 bits per heavy atom. The van der Waals surface area contributed by atoms with Crippen LogP contribution in [0.15, 0.2) is 21.5 Å². The maximum Gasteiger partial charge on any atom is 0.262 e. The van der Waals surface area contributed by atoms with Crippen LogP contribution >= 0.6 is 15.9 Å². The highest BCUT2D eigenvalue weighted by Gasteiger charge is 2.25. The number of pyridine rings is 1. The molecule has 1 aromatic rings. The fourth-order valence-electron chi connectivity index (χ4n) is 1.02. The zero-order valence-electron chi connectivity index (χ0n) is 6.71. The molecule has 2 rings (SSSR count). The predicted molar refractivity (Wildman–Crippen MR) is 50.7 cm³/mol. The summed E-state index contributed by atoms with van der Waals surface area (Å²) in [5.41, 5.74) is 0.298. The minimum Gasteiger partial charge on any atom is -0.335 e. The summed E-state index contributed by atoms with van der Waals surface area (Å²) in [4.78, 5) is 26.6. The molecule has 1 fully saturated rings. The Kier molecular flexibility index (Phi) is 1.95. The lowest BCUT2D eigenvalue weighted by atomic mass is 10.3. The Bertz CT molecular complexity index is 409. The van der Waals surface area contributed by atoms with Crippen LogP contribution in [0.5, 0.6) is 0 Å². The van der Waals surface area contributed by atoms with Gasteiger partial charge in [0.05, 0.1) is 10.0 Å². The van der Waals surface area contributed by atoms with Crippen molar-refractivity contribution in [3.63, 3.8) is 0 Å². The number of rotatable bonds is 1. The first kappa shape index (κ1) is 8.50. The molecule has 0 unspecified atom stereocenters. The minimum atomic E-state index is -0.220. The molecule has 0 aromatic carbocycles. The second-order valence-electron chi connectivity index (χ2n) is 2.86. The third-order valence-corrected chi connectivity index (χ3v) is 2.43. The molecule has 0 aliphatic carbocycles. The Morgan fingerprint density at radius 2 is 2.23 bits per heavy atom. The third kappa shape index (κ3) is 1.65. The van der Waals surface area contributed by atoms with Crippen LogP contribution in [0.3, 0.4) is 0 Å². The van der Waals surface area contributed by atoms with Crippen LogP contribution in [-0.4, -0.2) is 28.9 Å². The smallest absolute Gasteiger partial charge is 0.262 e. The first-order valence-electron chi connectivity index (χ1n) is 3.86. The minimum absolute atomic E-state index is 0.0306. The molecule has 1 aliphatic rings. The molecule has 1 saturated heterocycles. The molecule has 0 bridgehead atoms. The number of nitrogens with one attached hydrogen (secondary N) is 1. The molecule has 0 saturated carbocycles. The Labute approximate surface area is 82.7 Å². The van der Waals surface area contributed by atoms with Gasteiger partial charge in [-0.3, -0.25) is 9.59 Å². The van der Waals surface area contributed by atoms with E-state index in [1.165, 1.54) is 6.20 Å². The van der Waals surface area contributed by atoms with Gasteiger partial charge in [-0.1, -0.05) is 0 Å². The van der Waals surface area contributed by atoms with Crippen LogP contribution in [0.25, 0.3) is 0 Å². The van der Waals surface area contributed by atoms with Crippen molar-refractivity contribution in [3.05, 3.63) is 32.7 Å². The van der Waals surface area contributed by atoms with E-state index >= 15 is 0 Å². The summed E-state index contributed by atoms with van der Waals surface area (Å²) in [5, 5.41) is 0. The number of nitrogens with zero attached hydrogens (tertiary/aromatic N) is 1. The van der Waals surface area contributed by atoms with Crippen molar-refractivity contribution < 1.29 is 4.79 Å². The molecule has 4 nitrogen and oxygen atoms in total. The van der Waals surface area contributed by atoms with Crippen molar-refractivity contribution in [1.82, 2.24) is 9.88 Å². The zero-order valence-corrected chi connectivity index (χ0v) is 8.30. The van der Waals surface area contributed by atoms with Crippen LogP contribution in [0.4, 0.5) is 0 Å². The summed E-state index contributed by atoms with van der Waals surface area (Å²) in [6.45, 7) is 1.63. The standard InChI is InChI=1S/C8H7BrN2O2/c9-6-3-5(4-10-7(6)12)8(13)11-1-2-11/h3-4H,1-2H2,(H,10,12). The molecular weight excluding hydrogens is 236 g/mol. The van der Waals surface area contributed by atoms with Gasteiger partial charge in [-0.15, -0.1) is 0 Å². The van der Waals surface area contributed by atoms with Crippen LogP contribution < -0.4 is 5.56 Å². The highest BCUT2D eigenvalue weighted by atomic mass is 79.9. The summed E-state index contributed by atoms with van der Waals surface area (Å²) < 4.78 is 0.389. The van der Waals surface area contributed by atoms with E-state index in [1.54, 1.807) is 11.0 Å². The highest BCUT2D eigenvalue weighted by Crippen LogP contribution is 2.12. The van der Waals surface area contributed by atoms with Gasteiger partial charge >= 0.3 is 0 Å². The Balaban J connectivity index is 2.35. The first-order chi connectivity index (χ1) is 6.18. The van der Waals surface area contributed by atoms with Crippen molar-refractivity contribution in [2.24, 2.45) is 0 Å². The van der Waals surface area contributed by atoms with E-state index in [4.69, 9.17) is 0 Å². The van der Waals surface area contributed by atoms with Gasteiger partial charge < -0.3 is 9.88 Å². The number of aromatic nitrogens is 1. The fourth-order valence-corrected chi connectivity index (χ4v) is 1.38. The van der Waals surface area contributed by atoms with Gasteiger partial charge in [0.15, 0.2) is 0 Å². The van der Waals surface area contributed by atoms with Gasteiger partial charge in [-0.05, 0) is 22.0 Å². The molecule has 0 spiro atoms. The summed E-state index contributed by atoms with van der Waals surface area (Å²) in [7, 11) is 0. The van der Waals surface area contributed by atoms with Gasteiger partial charge in [-0.25, -0.2) is 0 Å². The molecule has 1 aromatic heterocycles. The SMILES string of the molecule is O=C(c1c[nH]c(=O)c(Br)c1)N1CC1. The number of carbonyl (C=O) groups excluding carboxylic acids is 1. The monoisotopic (exact) mass is 242 g/mol. The van der Waals surface area contributed by atoms with Crippen molar-refractivity contribution in [2.45, 2.75) is 0 Å². The molecule has 1 N–H and O–H groups in total. The van der Waals surface area contributed by atoms with E-state index in [0.717, 1.165) is 13.1 Å². The van der Waals surface area contributed by atoms with Crippen molar-refractivity contribution in [2.75, 3.05) is 13.1 Å². The van der Waals surface area contributed by atoms with E-state index < -0.39 is 0 Å². The molecule has 1 aliphatic heterocycles. The Hall–Kier alpha value is -1.10. The van der Waals surface area contributed by atoms with Crippen molar-refractivity contribution in [3.8, 4) is 0 Å². The summed E-state index contributed by atoms with van der Waals surface area (Å²) in [5.74, 6) is -0.0306. The number of hydrogen-bond donors (Lipinski definition) is 1. The van der Waals surface area contributed by atoms with Crippen molar-refractivity contribution in [1.29, 1.82) is 0 Å². The summed E-state index contributed by atoms with van der Waals surface area (Å²) >= 11 is 3.07. The molecule has 13 heavy (non-hydrogen) atoms. The Morgan fingerprint density at radius 1 is 1.54 bits per heavy atom. The lowest BCUT2D eigenvalue weighted by molar-refractivity contribution is 0.0885. The number of halogens is 1. The van der Waals surface area contributed by atoms with E-state index in [-0.39, 0.29) is 11.5 Å². The van der Waals surface area contributed by atoms with E-state index in [1.807, 2.05) is 0 Å². The molecule has 0 radical (unpaired) electrons. The molecule has 0 atom stereocenters. The molecule has 1 amide bonds. The molecule has 5 heteroatoms. The van der Waals surface area contributed by atoms with Crippen LogP contribution in [0.2, 0.25) is 0 Å². The maximum atomic E-state index is 11.5. The largest absolute Gasteiger partial charge is 0.335 e. The fraction of sp³-hybridized carbons (Fsp3) is 0.250. The third-order valence-electron chi connectivity index (χ3n) is 1.84. The van der Waals surface area contributed by atoms with Crippen LogP contribution in [0, 0.1) is 0 Å².